The number of hydrogen-bond acceptors (Lipinski definition) is 6. The Kier molecular flexibility index (Phi) is 9.73. The SMILES string of the molecule is CC1CN(C(=O)O)CC(CCc2c(F)cncc2NC(=O)C(N)C(c2ccc(Cl)cc2)c2cccc(F)c2)N1S(=O)(=O)C1CC1. The van der Waals surface area contributed by atoms with Crippen molar-refractivity contribution < 1.29 is 31.9 Å². The lowest BCUT2D eigenvalue weighted by Crippen LogP contribution is -2.61. The second-order valence-corrected chi connectivity index (χ2v) is 14.1. The fourth-order valence-corrected chi connectivity index (χ4v) is 8.38. The number of aromatic nitrogens is 1. The molecule has 2 heterocycles. The standard InChI is InChI=1S/C31H34ClF2N5O5S/c1-18-16-38(31(41)42)17-23(39(18)45(43,44)24-10-11-24)9-12-25-26(34)14-36-15-27(25)37-30(40)29(35)28(19-5-7-21(32)8-6-19)20-3-2-4-22(33)13-20/h2-8,13-15,18,23-24,28-29H,9-12,16-17,35H2,1H3,(H,37,40)(H,41,42). The maximum Gasteiger partial charge on any atom is 0.407 e. The summed E-state index contributed by atoms with van der Waals surface area (Å²) >= 11 is 6.06. The minimum absolute atomic E-state index is 0.0226. The Hall–Kier alpha value is -3.65. The van der Waals surface area contributed by atoms with Crippen LogP contribution in [-0.4, -0.2) is 76.2 Å². The van der Waals surface area contributed by atoms with E-state index < -0.39 is 63.0 Å². The average molecular weight is 662 g/mol. The minimum atomic E-state index is -3.67. The van der Waals surface area contributed by atoms with Gasteiger partial charge in [-0.05, 0) is 68.0 Å². The third-order valence-electron chi connectivity index (χ3n) is 8.31. The van der Waals surface area contributed by atoms with Gasteiger partial charge in [0.2, 0.25) is 15.9 Å². The predicted molar refractivity (Wildman–Crippen MR) is 165 cm³/mol. The van der Waals surface area contributed by atoms with Gasteiger partial charge in [-0.1, -0.05) is 35.9 Å². The highest BCUT2D eigenvalue weighted by atomic mass is 35.5. The summed E-state index contributed by atoms with van der Waals surface area (Å²) in [6.45, 7) is 1.62. The molecule has 2 fully saturated rings. The van der Waals surface area contributed by atoms with E-state index in [-0.39, 0.29) is 37.2 Å². The number of halogens is 3. The molecule has 1 aromatic heterocycles. The van der Waals surface area contributed by atoms with Gasteiger partial charge in [0.1, 0.15) is 11.6 Å². The quantitative estimate of drug-likeness (QED) is 0.288. The average Bonchev–Trinajstić information content (AvgIpc) is 3.84. The Bertz CT molecular complexity index is 1680. The summed E-state index contributed by atoms with van der Waals surface area (Å²) in [5, 5.41) is 12.3. The largest absolute Gasteiger partial charge is 0.465 e. The number of amides is 2. The van der Waals surface area contributed by atoms with Crippen LogP contribution in [0.1, 0.15) is 48.8 Å². The van der Waals surface area contributed by atoms with Gasteiger partial charge in [-0.25, -0.2) is 22.0 Å². The number of nitrogens with two attached hydrogens (primary N) is 1. The monoisotopic (exact) mass is 661 g/mol. The number of carboxylic acid groups (broad SMARTS) is 1. The van der Waals surface area contributed by atoms with E-state index in [1.165, 1.54) is 33.6 Å². The molecule has 1 saturated carbocycles. The molecule has 0 bridgehead atoms. The van der Waals surface area contributed by atoms with E-state index in [0.29, 0.717) is 29.0 Å². The molecule has 1 aliphatic heterocycles. The first-order chi connectivity index (χ1) is 21.4. The van der Waals surface area contributed by atoms with Gasteiger partial charge in [0.25, 0.3) is 0 Å². The number of pyridine rings is 1. The molecule has 10 nitrogen and oxygen atoms in total. The molecule has 240 valence electrons. The van der Waals surface area contributed by atoms with Crippen LogP contribution in [0, 0.1) is 11.6 Å². The topological polar surface area (TPSA) is 146 Å². The zero-order valence-corrected chi connectivity index (χ0v) is 26.0. The summed E-state index contributed by atoms with van der Waals surface area (Å²) in [4.78, 5) is 30.4. The van der Waals surface area contributed by atoms with E-state index in [1.54, 1.807) is 37.3 Å². The number of nitrogens with zero attached hydrogens (tertiary/aromatic N) is 3. The first-order valence-electron chi connectivity index (χ1n) is 14.6. The molecule has 0 radical (unpaired) electrons. The lowest BCUT2D eigenvalue weighted by molar-refractivity contribution is -0.117. The molecule has 3 aromatic rings. The zero-order valence-electron chi connectivity index (χ0n) is 24.4. The van der Waals surface area contributed by atoms with Gasteiger partial charge in [0.05, 0.1) is 29.4 Å². The Balaban J connectivity index is 1.39. The van der Waals surface area contributed by atoms with Crippen LogP contribution in [0.3, 0.4) is 0 Å². The lowest BCUT2D eigenvalue weighted by Gasteiger charge is -2.44. The lowest BCUT2D eigenvalue weighted by atomic mass is 9.85. The fourth-order valence-electron chi connectivity index (χ4n) is 6.02. The number of carbonyl (C=O) groups excluding carboxylic acids is 1. The maximum absolute atomic E-state index is 15.2. The van der Waals surface area contributed by atoms with Crippen LogP contribution in [0.4, 0.5) is 19.3 Å². The highest BCUT2D eigenvalue weighted by Crippen LogP contribution is 2.36. The van der Waals surface area contributed by atoms with E-state index in [0.717, 1.165) is 6.20 Å². The van der Waals surface area contributed by atoms with Gasteiger partial charge >= 0.3 is 6.09 Å². The fraction of sp³-hybridized carbons (Fsp3) is 0.387. The molecule has 4 unspecified atom stereocenters. The molecule has 5 rings (SSSR count). The van der Waals surface area contributed by atoms with E-state index in [1.807, 2.05) is 0 Å². The van der Waals surface area contributed by atoms with E-state index in [9.17, 15) is 27.5 Å². The van der Waals surface area contributed by atoms with E-state index >= 15 is 4.39 Å². The molecular formula is C31H34ClF2N5O5S. The van der Waals surface area contributed by atoms with Crippen LogP contribution in [-0.2, 0) is 21.2 Å². The second-order valence-electron chi connectivity index (χ2n) is 11.5. The zero-order chi connectivity index (χ0) is 32.5. The highest BCUT2D eigenvalue weighted by molar-refractivity contribution is 7.90. The van der Waals surface area contributed by atoms with Crippen molar-refractivity contribution in [3.05, 3.63) is 94.3 Å². The van der Waals surface area contributed by atoms with E-state index in [2.05, 4.69) is 10.3 Å². The Labute approximate surface area is 265 Å². The van der Waals surface area contributed by atoms with Crippen molar-refractivity contribution in [1.29, 1.82) is 0 Å². The molecule has 0 spiro atoms. The molecule has 45 heavy (non-hydrogen) atoms. The third-order valence-corrected chi connectivity index (χ3v) is 11.1. The smallest absolute Gasteiger partial charge is 0.407 e. The normalized spacial score (nSPS) is 20.4. The van der Waals surface area contributed by atoms with E-state index in [4.69, 9.17) is 17.3 Å². The van der Waals surface area contributed by atoms with Gasteiger partial charge in [-0.15, -0.1) is 0 Å². The molecule has 1 aliphatic carbocycles. The van der Waals surface area contributed by atoms with Crippen LogP contribution in [0.25, 0.3) is 0 Å². The Morgan fingerprint density at radius 1 is 1.11 bits per heavy atom. The summed E-state index contributed by atoms with van der Waals surface area (Å²) in [5.41, 5.74) is 7.65. The molecule has 2 aliphatic rings. The summed E-state index contributed by atoms with van der Waals surface area (Å²) in [6, 6.07) is 9.78. The van der Waals surface area contributed by atoms with Crippen LogP contribution >= 0.6 is 11.6 Å². The molecule has 4 atom stereocenters. The van der Waals surface area contributed by atoms with Crippen molar-refractivity contribution in [2.24, 2.45) is 5.73 Å². The van der Waals surface area contributed by atoms with Crippen LogP contribution < -0.4 is 11.1 Å². The predicted octanol–water partition coefficient (Wildman–Crippen LogP) is 4.59. The van der Waals surface area contributed by atoms with Crippen molar-refractivity contribution >= 4 is 39.3 Å². The van der Waals surface area contributed by atoms with Crippen molar-refractivity contribution in [3.8, 4) is 0 Å². The maximum atomic E-state index is 15.2. The number of anilines is 1. The highest BCUT2D eigenvalue weighted by Gasteiger charge is 2.47. The summed E-state index contributed by atoms with van der Waals surface area (Å²) < 4.78 is 57.5. The summed E-state index contributed by atoms with van der Waals surface area (Å²) in [7, 11) is -3.67. The first kappa shape index (κ1) is 32.7. The van der Waals surface area contributed by atoms with Crippen molar-refractivity contribution in [2.45, 2.75) is 61.9 Å². The number of rotatable bonds is 10. The van der Waals surface area contributed by atoms with Crippen LogP contribution in [0.15, 0.2) is 60.9 Å². The summed E-state index contributed by atoms with van der Waals surface area (Å²) in [6.07, 6.45) is 2.25. The number of sulfonamides is 1. The van der Waals surface area contributed by atoms with Gasteiger partial charge in [0.15, 0.2) is 0 Å². The van der Waals surface area contributed by atoms with Crippen LogP contribution in [0.2, 0.25) is 5.02 Å². The van der Waals surface area contributed by atoms with Crippen molar-refractivity contribution in [3.63, 3.8) is 0 Å². The first-order valence-corrected chi connectivity index (χ1v) is 16.4. The number of piperazine rings is 1. The number of carbonyl (C=O) groups is 2. The second kappa shape index (κ2) is 13.4. The number of nitrogens with one attached hydrogen (secondary N) is 1. The minimum Gasteiger partial charge on any atom is -0.465 e. The Morgan fingerprint density at radius 3 is 2.47 bits per heavy atom. The van der Waals surface area contributed by atoms with Gasteiger partial charge < -0.3 is 21.1 Å². The number of hydrogen-bond donors (Lipinski definition) is 3. The molecular weight excluding hydrogens is 628 g/mol. The Morgan fingerprint density at radius 2 is 1.82 bits per heavy atom. The van der Waals surface area contributed by atoms with Crippen molar-refractivity contribution in [2.75, 3.05) is 18.4 Å². The molecule has 4 N–H and O–H groups in total. The summed E-state index contributed by atoms with van der Waals surface area (Å²) in [5.74, 6) is -2.70. The molecule has 1 saturated heterocycles. The van der Waals surface area contributed by atoms with Crippen LogP contribution in [0.5, 0.6) is 0 Å². The molecule has 2 amide bonds. The van der Waals surface area contributed by atoms with Gasteiger partial charge in [-0.3, -0.25) is 9.78 Å². The third kappa shape index (κ3) is 7.27. The molecule has 2 aromatic carbocycles. The van der Waals surface area contributed by atoms with Crippen molar-refractivity contribution in [1.82, 2.24) is 14.2 Å². The van der Waals surface area contributed by atoms with Gasteiger partial charge in [0, 0.05) is 41.7 Å². The van der Waals surface area contributed by atoms with Gasteiger partial charge in [-0.2, -0.15) is 4.31 Å². The number of benzene rings is 2. The molecule has 14 heteroatoms.